The van der Waals surface area contributed by atoms with Crippen LogP contribution in [0.5, 0.6) is 0 Å². The summed E-state index contributed by atoms with van der Waals surface area (Å²) < 4.78 is 65.3. The lowest BCUT2D eigenvalue weighted by Gasteiger charge is -2.25. The highest BCUT2D eigenvalue weighted by Crippen LogP contribution is 2.50. The number of carbonyl (C=O) groups excluding carboxylic acids is 2. The number of nitrogens with two attached hydrogens (primary N) is 3. The summed E-state index contributed by atoms with van der Waals surface area (Å²) in [6.07, 6.45) is -5.69. The van der Waals surface area contributed by atoms with Crippen LogP contribution in [-0.2, 0) is 53.1 Å². The number of esters is 1. The molecule has 1 aromatic carbocycles. The van der Waals surface area contributed by atoms with Crippen molar-refractivity contribution in [2.45, 2.75) is 80.1 Å². The van der Waals surface area contributed by atoms with Crippen molar-refractivity contribution in [2.75, 3.05) is 37.5 Å². The molecule has 5 heterocycles. The number of amides is 1. The molecule has 2 aliphatic rings. The number of nitrogens with zero attached hydrogens (tertiary/aromatic N) is 9. The Kier molecular flexibility index (Phi) is 17.6. The number of phosphoric acid groups is 2. The lowest BCUT2D eigenvalue weighted by Crippen LogP contribution is -2.43. The van der Waals surface area contributed by atoms with Gasteiger partial charge in [-0.2, -0.15) is 4.98 Å². The van der Waals surface area contributed by atoms with E-state index in [9.17, 15) is 43.3 Å². The van der Waals surface area contributed by atoms with Crippen LogP contribution in [0.4, 0.5) is 22.1 Å². The number of hydrogen-bond acceptors (Lipinski definition) is 23. The van der Waals surface area contributed by atoms with Gasteiger partial charge in [0.1, 0.15) is 61.0 Å². The van der Waals surface area contributed by atoms with Crippen molar-refractivity contribution >= 4 is 77.8 Å². The number of rotatable bonds is 22. The summed E-state index contributed by atoms with van der Waals surface area (Å²) in [5.41, 5.74) is 26.8. The Labute approximate surface area is 386 Å². The summed E-state index contributed by atoms with van der Waals surface area (Å²) in [6.45, 7) is -1.65. The molecule has 0 radical (unpaired) electrons. The van der Waals surface area contributed by atoms with Gasteiger partial charge in [-0.05, 0) is 36.3 Å². The number of aliphatic hydroxyl groups is 1. The van der Waals surface area contributed by atoms with Crippen LogP contribution in [0, 0.1) is 0 Å². The number of phosphoric ester groups is 2. The number of hydrogen-bond donors (Lipinski definition) is 8. The molecular weight excluding hydrogens is 973 g/mol. The fourth-order valence-electron chi connectivity index (χ4n) is 6.73. The molecule has 0 spiro atoms. The quantitative estimate of drug-likeness (QED) is 0.0139. The second-order valence-corrected chi connectivity index (χ2v) is 19.9. The molecule has 67 heavy (non-hydrogen) atoms. The van der Waals surface area contributed by atoms with E-state index in [1.807, 2.05) is 6.26 Å². The Morgan fingerprint density at radius 3 is 2.51 bits per heavy atom. The van der Waals surface area contributed by atoms with Crippen molar-refractivity contribution in [2.24, 2.45) is 10.8 Å². The van der Waals surface area contributed by atoms with Crippen LogP contribution in [0.1, 0.15) is 37.3 Å². The van der Waals surface area contributed by atoms with E-state index in [0.29, 0.717) is 17.7 Å². The lowest BCUT2D eigenvalue weighted by molar-refractivity contribution is -0.158. The number of fused-ring (bicyclic) bond motifs is 1. The average Bonchev–Trinajstić information content (AvgIpc) is 3.97. The maximum atomic E-state index is 13.6. The van der Waals surface area contributed by atoms with Crippen LogP contribution in [-0.4, -0.2) is 129 Å². The molecule has 1 amide bonds. The first-order valence-electron chi connectivity index (χ1n) is 19.7. The predicted molar refractivity (Wildman–Crippen MR) is 235 cm³/mol. The van der Waals surface area contributed by atoms with Gasteiger partial charge in [-0.15, -0.1) is 0 Å². The van der Waals surface area contributed by atoms with Gasteiger partial charge in [0, 0.05) is 35.0 Å². The SMILES string of the molecule is CSSC(CCC(N)C(=O)O[C@H]1[C@@H](O)[C@H](n2cnc3c(N)ncnc32)O[C@@H]1COP(=O)(O)O[C@H]1C[C@H](n2ccc(N)nc2=O)O[C@@H]1COP(=O)(O)O)CNC(=O)OCc1ccc(N=[N+]=[N-])cc1. The minimum absolute atomic E-state index is 0.00357. The van der Waals surface area contributed by atoms with Crippen LogP contribution >= 0.6 is 37.2 Å². The minimum atomic E-state index is -5.22. The predicted octanol–water partition coefficient (Wildman–Crippen LogP) is 1.67. The zero-order valence-electron chi connectivity index (χ0n) is 34.9. The Bertz CT molecular complexity index is 2570. The van der Waals surface area contributed by atoms with Crippen molar-refractivity contribution in [3.63, 3.8) is 0 Å². The smallest absolute Gasteiger partial charge is 0.455 e. The number of imidazole rings is 1. The second kappa shape index (κ2) is 22.9. The van der Waals surface area contributed by atoms with Crippen LogP contribution in [0.15, 0.2) is 59.1 Å². The highest BCUT2D eigenvalue weighted by molar-refractivity contribution is 8.76. The standard InChI is InChI=1S/C34H45N13O16P2S2/c1-66-67-19(11-39-34(51)57-12-17-2-4-18(5-3-17)44-45-38)6-7-20(35)32(49)62-28-23(61-31(27(28)48)47-16-42-26-29(37)40-15-41-30(26)47)14-59-65(55,56)63-21-10-25(46-9-8-24(36)43-33(46)50)60-22(21)13-58-64(52,53)54/h2-5,8-9,15-16,19-23,25,27-28,31,48H,6-7,10-14,35H2,1H3,(H,39,51)(H,55,56)(H2,36,43,50)(H2,37,40,41)(H2,52,53,54)/t19?,20?,21-,22+,23+,25+,27+,28+,31+/m0/s1. The van der Waals surface area contributed by atoms with Gasteiger partial charge >= 0.3 is 33.4 Å². The molecule has 2 fully saturated rings. The molecule has 29 nitrogen and oxygen atoms in total. The summed E-state index contributed by atoms with van der Waals surface area (Å²) >= 11 is 0. The van der Waals surface area contributed by atoms with Gasteiger partial charge in [-0.25, -0.2) is 33.7 Å². The highest BCUT2D eigenvalue weighted by Gasteiger charge is 2.50. The molecule has 6 rings (SSSR count). The van der Waals surface area contributed by atoms with Crippen LogP contribution < -0.4 is 28.2 Å². The molecule has 33 heteroatoms. The highest BCUT2D eigenvalue weighted by atomic mass is 33.1. The molecule has 0 aliphatic carbocycles. The Morgan fingerprint density at radius 2 is 1.81 bits per heavy atom. The zero-order valence-corrected chi connectivity index (χ0v) is 38.3. The molecule has 10 atom stereocenters. The number of ether oxygens (including phenoxy) is 4. The van der Waals surface area contributed by atoms with E-state index >= 15 is 0 Å². The number of carbonyl (C=O) groups is 2. The fraction of sp³-hybridized carbons (Fsp3) is 0.500. The lowest BCUT2D eigenvalue weighted by atomic mass is 10.1. The molecule has 0 saturated carbocycles. The number of aliphatic hydroxyl groups excluding tert-OH is 1. The normalized spacial score (nSPS) is 23.5. The molecule has 0 bridgehead atoms. The Hall–Kier alpha value is -4.94. The summed E-state index contributed by atoms with van der Waals surface area (Å²) in [5.74, 6) is -1.10. The molecule has 364 valence electrons. The number of nitrogens with one attached hydrogen (secondary N) is 1. The van der Waals surface area contributed by atoms with Gasteiger partial charge in [0.15, 0.2) is 23.8 Å². The molecule has 2 saturated heterocycles. The van der Waals surface area contributed by atoms with Crippen molar-refractivity contribution in [3.05, 3.63) is 75.7 Å². The van der Waals surface area contributed by atoms with Gasteiger partial charge in [0.25, 0.3) is 0 Å². The molecule has 3 aromatic heterocycles. The van der Waals surface area contributed by atoms with Crippen molar-refractivity contribution in [3.8, 4) is 0 Å². The van der Waals surface area contributed by atoms with E-state index in [4.69, 9.17) is 50.7 Å². The van der Waals surface area contributed by atoms with Gasteiger partial charge in [0.05, 0.1) is 19.5 Å². The molecule has 11 N–H and O–H groups in total. The number of nitrogen functional groups attached to an aromatic ring is 2. The molecule has 4 aromatic rings. The number of anilines is 2. The van der Waals surface area contributed by atoms with Crippen molar-refractivity contribution in [1.29, 1.82) is 0 Å². The molecule has 2 aliphatic heterocycles. The van der Waals surface area contributed by atoms with Gasteiger partial charge < -0.3 is 61.3 Å². The van der Waals surface area contributed by atoms with E-state index < -0.39 is 95.6 Å². The third kappa shape index (κ3) is 14.1. The van der Waals surface area contributed by atoms with E-state index in [2.05, 4.69) is 39.8 Å². The maximum absolute atomic E-state index is 13.6. The summed E-state index contributed by atoms with van der Waals surface area (Å²) in [7, 11) is -7.48. The third-order valence-corrected chi connectivity index (χ3v) is 13.7. The Balaban J connectivity index is 1.10. The van der Waals surface area contributed by atoms with Gasteiger partial charge in [0.2, 0.25) is 0 Å². The summed E-state index contributed by atoms with van der Waals surface area (Å²) in [5, 5.41) is 17.5. The minimum Gasteiger partial charge on any atom is -0.455 e. The van der Waals surface area contributed by atoms with E-state index in [1.54, 1.807) is 24.3 Å². The topological polar surface area (TPSA) is 431 Å². The second-order valence-electron chi connectivity index (χ2n) is 14.5. The monoisotopic (exact) mass is 1020 g/mol. The molecule has 3 unspecified atom stereocenters. The first-order chi connectivity index (χ1) is 31.8. The number of azide groups is 1. The summed E-state index contributed by atoms with van der Waals surface area (Å²) in [4.78, 5) is 86.7. The largest absolute Gasteiger partial charge is 0.472 e. The maximum Gasteiger partial charge on any atom is 0.472 e. The van der Waals surface area contributed by atoms with Crippen molar-refractivity contribution in [1.82, 2.24) is 34.4 Å². The first-order valence-corrected chi connectivity index (χ1v) is 25.3. The zero-order chi connectivity index (χ0) is 48.5. The number of alkyl carbamates (subject to hydrolysis) is 1. The van der Waals surface area contributed by atoms with Crippen LogP contribution in [0.2, 0.25) is 0 Å². The van der Waals surface area contributed by atoms with Crippen LogP contribution in [0.3, 0.4) is 0 Å². The van der Waals surface area contributed by atoms with Gasteiger partial charge in [-0.3, -0.25) is 27.5 Å². The average molecular weight is 1020 g/mol. The first kappa shape index (κ1) is 51.5. The van der Waals surface area contributed by atoms with E-state index in [-0.39, 0.29) is 54.0 Å². The number of aromatic nitrogens is 6. The van der Waals surface area contributed by atoms with E-state index in [1.165, 1.54) is 44.7 Å². The van der Waals surface area contributed by atoms with Crippen LogP contribution in [0.25, 0.3) is 21.6 Å². The Morgan fingerprint density at radius 1 is 1.06 bits per heavy atom. The summed E-state index contributed by atoms with van der Waals surface area (Å²) in [6, 6.07) is 6.43. The third-order valence-electron chi connectivity index (χ3n) is 9.92. The van der Waals surface area contributed by atoms with Crippen molar-refractivity contribution < 1.29 is 71.0 Å². The number of benzene rings is 1. The van der Waals surface area contributed by atoms with E-state index in [0.717, 1.165) is 10.9 Å². The fourth-order valence-corrected chi connectivity index (χ4v) is 10.0. The van der Waals surface area contributed by atoms with Gasteiger partial charge in [-0.1, -0.05) is 51.0 Å². The molecular formula is C34H45N13O16P2S2.